The molecule has 0 unspecified atom stereocenters. The molecule has 8 heteroatoms. The first-order valence-electron chi connectivity index (χ1n) is 9.84. The first-order chi connectivity index (χ1) is 14.2. The van der Waals surface area contributed by atoms with E-state index in [1.54, 1.807) is 32.4 Å². The van der Waals surface area contributed by atoms with Crippen molar-refractivity contribution in [2.75, 3.05) is 20.7 Å². The number of aliphatic imine (C=N–C) groups is 1. The maximum Gasteiger partial charge on any atom is 0.241 e. The number of guanidine groups is 1. The Kier molecular flexibility index (Phi) is 8.25. The molecule has 0 aliphatic rings. The van der Waals surface area contributed by atoms with Crippen molar-refractivity contribution in [2.45, 2.75) is 44.2 Å². The summed E-state index contributed by atoms with van der Waals surface area (Å²) in [4.78, 5) is 4.49. The van der Waals surface area contributed by atoms with Gasteiger partial charge in [-0.1, -0.05) is 36.4 Å². The Morgan fingerprint density at radius 2 is 1.63 bits per heavy atom. The molecule has 0 aliphatic heterocycles. The van der Waals surface area contributed by atoms with Gasteiger partial charge in [-0.15, -0.1) is 0 Å². The average molecular weight is 433 g/mol. The highest BCUT2D eigenvalue weighted by Crippen LogP contribution is 2.18. The molecule has 30 heavy (non-hydrogen) atoms. The average Bonchev–Trinajstić information content (AvgIpc) is 2.69. The van der Waals surface area contributed by atoms with Crippen LogP contribution in [0.3, 0.4) is 0 Å². The molecule has 0 aliphatic carbocycles. The van der Waals surface area contributed by atoms with Crippen molar-refractivity contribution in [3.05, 3.63) is 59.7 Å². The van der Waals surface area contributed by atoms with Crippen LogP contribution in [0.25, 0.3) is 0 Å². The molecule has 2 aromatic carbocycles. The molecule has 0 fully saturated rings. The maximum absolute atomic E-state index is 12.8. The molecule has 164 valence electrons. The number of hydrogen-bond acceptors (Lipinski definition) is 4. The summed E-state index contributed by atoms with van der Waals surface area (Å²) >= 11 is 0. The second-order valence-corrected chi connectivity index (χ2v) is 9.53. The van der Waals surface area contributed by atoms with Crippen LogP contribution in [0.1, 0.15) is 31.9 Å². The van der Waals surface area contributed by atoms with Crippen LogP contribution in [0.5, 0.6) is 5.75 Å². The zero-order valence-electron chi connectivity index (χ0n) is 18.3. The van der Waals surface area contributed by atoms with Gasteiger partial charge >= 0.3 is 0 Å². The third-order valence-corrected chi connectivity index (χ3v) is 6.11. The number of ether oxygens (including phenoxy) is 1. The molecular weight excluding hydrogens is 400 g/mol. The van der Waals surface area contributed by atoms with Crippen molar-refractivity contribution in [2.24, 2.45) is 4.99 Å². The van der Waals surface area contributed by atoms with Crippen LogP contribution in [0, 0.1) is 0 Å². The quantitative estimate of drug-likeness (QED) is 0.441. The van der Waals surface area contributed by atoms with Gasteiger partial charge < -0.3 is 15.4 Å². The van der Waals surface area contributed by atoms with Gasteiger partial charge in [-0.25, -0.2) is 13.1 Å². The molecule has 0 spiro atoms. The Hall–Kier alpha value is -2.58. The standard InChI is InChI=1S/C22H32N4O3S/c1-22(2,3)26-30(27,28)20-13-9-7-11-18(20)16-25-21(23-4)24-15-14-17-10-6-8-12-19(17)29-5/h6-13,26H,14-16H2,1-5H3,(H2,23,24,25). The van der Waals surface area contributed by atoms with Gasteiger partial charge in [0.2, 0.25) is 10.0 Å². The van der Waals surface area contributed by atoms with E-state index in [1.807, 2.05) is 51.1 Å². The predicted octanol–water partition coefficient (Wildman–Crippen LogP) is 2.68. The SMILES string of the molecule is CN=C(NCCc1ccccc1OC)NCc1ccccc1S(=O)(=O)NC(C)(C)C. The van der Waals surface area contributed by atoms with Crippen LogP contribution in [0.15, 0.2) is 58.4 Å². The van der Waals surface area contributed by atoms with Crippen LogP contribution in [0.2, 0.25) is 0 Å². The number of benzene rings is 2. The third-order valence-electron chi connectivity index (χ3n) is 4.25. The minimum Gasteiger partial charge on any atom is -0.496 e. The summed E-state index contributed by atoms with van der Waals surface area (Å²) in [5.41, 5.74) is 1.21. The van der Waals surface area contributed by atoms with Crippen molar-refractivity contribution in [1.29, 1.82) is 0 Å². The molecule has 3 N–H and O–H groups in total. The summed E-state index contributed by atoms with van der Waals surface area (Å²) in [7, 11) is -0.286. The minimum absolute atomic E-state index is 0.261. The number of para-hydroxylation sites is 1. The predicted molar refractivity (Wildman–Crippen MR) is 121 cm³/mol. The Morgan fingerprint density at radius 3 is 2.27 bits per heavy atom. The van der Waals surface area contributed by atoms with Gasteiger partial charge in [-0.3, -0.25) is 4.99 Å². The van der Waals surface area contributed by atoms with Gasteiger partial charge in [0.15, 0.2) is 5.96 Å². The van der Waals surface area contributed by atoms with Crippen LogP contribution in [0.4, 0.5) is 0 Å². The number of methoxy groups -OCH3 is 1. The van der Waals surface area contributed by atoms with Crippen molar-refractivity contribution in [3.63, 3.8) is 0 Å². The Labute approximate surface area is 180 Å². The molecule has 0 aromatic heterocycles. The Morgan fingerprint density at radius 1 is 1.00 bits per heavy atom. The van der Waals surface area contributed by atoms with E-state index in [-0.39, 0.29) is 4.90 Å². The molecule has 0 radical (unpaired) electrons. The summed E-state index contributed by atoms with van der Waals surface area (Å²) in [6.45, 7) is 6.44. The maximum atomic E-state index is 12.8. The van der Waals surface area contributed by atoms with Crippen molar-refractivity contribution in [1.82, 2.24) is 15.4 Å². The lowest BCUT2D eigenvalue weighted by Gasteiger charge is -2.22. The summed E-state index contributed by atoms with van der Waals surface area (Å²) in [6.07, 6.45) is 0.769. The zero-order chi connectivity index (χ0) is 22.2. The molecule has 0 saturated carbocycles. The lowest BCUT2D eigenvalue weighted by atomic mass is 10.1. The van der Waals surface area contributed by atoms with Gasteiger partial charge in [0.1, 0.15) is 5.75 Å². The topological polar surface area (TPSA) is 91.8 Å². The van der Waals surface area contributed by atoms with Gasteiger partial charge in [0, 0.05) is 25.7 Å². The fourth-order valence-corrected chi connectivity index (χ4v) is 4.65. The summed E-state index contributed by atoms with van der Waals surface area (Å²) in [5.74, 6) is 1.45. The number of nitrogens with one attached hydrogen (secondary N) is 3. The first kappa shape index (κ1) is 23.7. The third kappa shape index (κ3) is 7.03. The van der Waals surface area contributed by atoms with Crippen LogP contribution in [-0.2, 0) is 23.0 Å². The zero-order valence-corrected chi connectivity index (χ0v) is 19.1. The van der Waals surface area contributed by atoms with Crippen LogP contribution in [-0.4, -0.2) is 40.6 Å². The molecule has 2 rings (SSSR count). The lowest BCUT2D eigenvalue weighted by molar-refractivity contribution is 0.409. The van der Waals surface area contributed by atoms with Crippen LogP contribution < -0.4 is 20.1 Å². The normalized spacial score (nSPS) is 12.5. The second-order valence-electron chi connectivity index (χ2n) is 7.88. The molecule has 0 atom stereocenters. The molecule has 0 heterocycles. The van der Waals surface area contributed by atoms with E-state index in [1.165, 1.54) is 0 Å². The van der Waals surface area contributed by atoms with Gasteiger partial charge in [0.25, 0.3) is 0 Å². The minimum atomic E-state index is -3.63. The van der Waals surface area contributed by atoms with Gasteiger partial charge in [0.05, 0.1) is 12.0 Å². The molecule has 0 saturated heterocycles. The molecule has 0 bridgehead atoms. The number of sulfonamides is 1. The number of nitrogens with zero attached hydrogens (tertiary/aromatic N) is 1. The number of hydrogen-bond donors (Lipinski definition) is 3. The van der Waals surface area contributed by atoms with Gasteiger partial charge in [-0.2, -0.15) is 0 Å². The number of rotatable bonds is 8. The van der Waals surface area contributed by atoms with E-state index in [4.69, 9.17) is 4.74 Å². The second kappa shape index (κ2) is 10.4. The summed E-state index contributed by atoms with van der Waals surface area (Å²) < 4.78 is 33.6. The van der Waals surface area contributed by atoms with Crippen molar-refractivity contribution < 1.29 is 13.2 Å². The van der Waals surface area contributed by atoms with Gasteiger partial charge in [-0.05, 0) is 50.5 Å². The smallest absolute Gasteiger partial charge is 0.241 e. The van der Waals surface area contributed by atoms with E-state index < -0.39 is 15.6 Å². The van der Waals surface area contributed by atoms with E-state index in [9.17, 15) is 8.42 Å². The molecule has 0 amide bonds. The highest BCUT2D eigenvalue weighted by molar-refractivity contribution is 7.89. The van der Waals surface area contributed by atoms with Crippen LogP contribution >= 0.6 is 0 Å². The van der Waals surface area contributed by atoms with E-state index in [0.29, 0.717) is 24.6 Å². The summed E-state index contributed by atoms with van der Waals surface area (Å²) in [6, 6.07) is 14.8. The summed E-state index contributed by atoms with van der Waals surface area (Å²) in [5, 5.41) is 6.45. The monoisotopic (exact) mass is 432 g/mol. The highest BCUT2D eigenvalue weighted by atomic mass is 32.2. The van der Waals surface area contributed by atoms with Crippen molar-refractivity contribution in [3.8, 4) is 5.75 Å². The van der Waals surface area contributed by atoms with Crippen molar-refractivity contribution >= 4 is 16.0 Å². The largest absolute Gasteiger partial charge is 0.496 e. The van der Waals surface area contributed by atoms with E-state index >= 15 is 0 Å². The fraction of sp³-hybridized carbons (Fsp3) is 0.409. The molecular formula is C22H32N4O3S. The Bertz CT molecular complexity index is 966. The fourth-order valence-electron chi connectivity index (χ4n) is 2.99. The molecule has 7 nitrogen and oxygen atoms in total. The molecule has 2 aromatic rings. The van der Waals surface area contributed by atoms with E-state index in [2.05, 4.69) is 20.3 Å². The highest BCUT2D eigenvalue weighted by Gasteiger charge is 2.24. The first-order valence-corrected chi connectivity index (χ1v) is 11.3. The Balaban J connectivity index is 2.00. The van der Waals surface area contributed by atoms with E-state index in [0.717, 1.165) is 17.7 Å². The lowest BCUT2D eigenvalue weighted by Crippen LogP contribution is -2.41.